The van der Waals surface area contributed by atoms with Gasteiger partial charge < -0.3 is 4.13 Å². The maximum Gasteiger partial charge on any atom is 0.0801 e. The smallest absolute Gasteiger partial charge is 0.0801 e. The van der Waals surface area contributed by atoms with Crippen LogP contribution in [0, 0.1) is 31.1 Å². The van der Waals surface area contributed by atoms with Gasteiger partial charge >= 0.3 is 0 Å². The van der Waals surface area contributed by atoms with Crippen molar-refractivity contribution in [1.29, 1.82) is 0 Å². The summed E-state index contributed by atoms with van der Waals surface area (Å²) in [6.07, 6.45) is 1.43. The SMILES string of the molecule is CS(=O)(=O)[N-]S(C)(=O)=O.[U]. The summed E-state index contributed by atoms with van der Waals surface area (Å²) in [5.74, 6) is 0. The van der Waals surface area contributed by atoms with Crippen LogP contribution in [0.5, 0.6) is 0 Å². The fourth-order valence-electron chi connectivity index (χ4n) is 0.246. The molecule has 0 bridgehead atoms. The second-order valence-corrected chi connectivity index (χ2v) is 5.07. The zero-order chi connectivity index (χ0) is 7.71. The summed E-state index contributed by atoms with van der Waals surface area (Å²) in [5.41, 5.74) is 0. The summed E-state index contributed by atoms with van der Waals surface area (Å²) >= 11 is 0. The Morgan fingerprint density at radius 1 is 0.900 bits per heavy atom. The maximum absolute atomic E-state index is 10.1. The van der Waals surface area contributed by atoms with Gasteiger partial charge in [-0.2, -0.15) is 0 Å². The first kappa shape index (κ1) is 13.5. The fraction of sp³-hybridized carbons (Fsp3) is 1.00. The van der Waals surface area contributed by atoms with E-state index in [0.717, 1.165) is 0 Å². The summed E-state index contributed by atoms with van der Waals surface area (Å²) in [7, 11) is -7.49. The average Bonchev–Trinajstić information content (AvgIpc) is 1.14. The van der Waals surface area contributed by atoms with E-state index in [1.54, 1.807) is 0 Å². The summed E-state index contributed by atoms with van der Waals surface area (Å²) in [6, 6.07) is 0. The number of hydrogen-bond donors (Lipinski definition) is 0. The molecule has 0 amide bonds. The molecule has 5 nitrogen and oxygen atoms in total. The minimum Gasteiger partial charge on any atom is -0.437 e. The van der Waals surface area contributed by atoms with E-state index in [4.69, 9.17) is 0 Å². The van der Waals surface area contributed by atoms with E-state index in [1.807, 2.05) is 0 Å². The van der Waals surface area contributed by atoms with Crippen LogP contribution in [-0.2, 0) is 20.0 Å². The zero-order valence-electron chi connectivity index (χ0n) is 5.40. The molecular weight excluding hydrogens is 404 g/mol. The minimum absolute atomic E-state index is 0. The van der Waals surface area contributed by atoms with Crippen LogP contribution in [0.15, 0.2) is 0 Å². The molecule has 60 valence electrons. The molecule has 0 saturated heterocycles. The molecule has 0 aliphatic carbocycles. The van der Waals surface area contributed by atoms with Crippen molar-refractivity contribution < 1.29 is 47.9 Å². The molecule has 0 saturated carbocycles. The third-order valence-corrected chi connectivity index (χ3v) is 2.44. The molecule has 0 unspecified atom stereocenters. The van der Waals surface area contributed by atoms with Gasteiger partial charge in [-0.05, 0) is 0 Å². The van der Waals surface area contributed by atoms with Gasteiger partial charge in [-0.1, -0.05) is 0 Å². The first-order valence-corrected chi connectivity index (χ1v) is 5.54. The van der Waals surface area contributed by atoms with E-state index < -0.39 is 20.0 Å². The van der Waals surface area contributed by atoms with Crippen molar-refractivity contribution in [2.75, 3.05) is 12.5 Å². The largest absolute Gasteiger partial charge is 0.437 e. The zero-order valence-corrected chi connectivity index (χ0v) is 11.2. The molecule has 0 aromatic rings. The van der Waals surface area contributed by atoms with Gasteiger partial charge in [0.05, 0.1) is 20.0 Å². The topological polar surface area (TPSA) is 82.4 Å². The van der Waals surface area contributed by atoms with Crippen LogP contribution < -0.4 is 0 Å². The molecular formula is C2H6NO4S2U-. The van der Waals surface area contributed by atoms with E-state index in [2.05, 4.69) is 4.13 Å². The van der Waals surface area contributed by atoms with Crippen LogP contribution in [0.4, 0.5) is 0 Å². The number of hydrogen-bond acceptors (Lipinski definition) is 4. The number of sulfonamides is 2. The summed E-state index contributed by atoms with van der Waals surface area (Å²) in [4.78, 5) is 0. The van der Waals surface area contributed by atoms with Crippen molar-refractivity contribution >= 4 is 20.0 Å². The van der Waals surface area contributed by atoms with Crippen molar-refractivity contribution in [3.05, 3.63) is 4.13 Å². The second-order valence-electron chi connectivity index (χ2n) is 1.54. The first-order valence-electron chi connectivity index (χ1n) is 1.85. The predicted molar refractivity (Wildman–Crippen MR) is 33.0 cm³/mol. The van der Waals surface area contributed by atoms with Crippen molar-refractivity contribution in [1.82, 2.24) is 0 Å². The Kier molecular flexibility index (Phi) is 5.49. The molecule has 0 aromatic heterocycles. The Morgan fingerprint density at radius 2 is 1.10 bits per heavy atom. The van der Waals surface area contributed by atoms with Crippen molar-refractivity contribution in [2.24, 2.45) is 0 Å². The molecule has 0 aliphatic heterocycles. The van der Waals surface area contributed by atoms with Gasteiger partial charge in [-0.3, -0.25) is 0 Å². The van der Waals surface area contributed by atoms with E-state index >= 15 is 0 Å². The van der Waals surface area contributed by atoms with Crippen LogP contribution in [-0.4, -0.2) is 29.3 Å². The predicted octanol–water partition coefficient (Wildman–Crippen LogP) is -0.721. The summed E-state index contributed by atoms with van der Waals surface area (Å²) in [6.45, 7) is 0. The Morgan fingerprint density at radius 3 is 1.10 bits per heavy atom. The monoisotopic (exact) mass is 410 g/mol. The van der Waals surface area contributed by atoms with Gasteiger partial charge in [0.1, 0.15) is 0 Å². The van der Waals surface area contributed by atoms with Crippen LogP contribution in [0.25, 0.3) is 4.13 Å². The van der Waals surface area contributed by atoms with Crippen molar-refractivity contribution in [3.63, 3.8) is 0 Å². The Balaban J connectivity index is 0. The van der Waals surface area contributed by atoms with E-state index in [1.165, 1.54) is 0 Å². The van der Waals surface area contributed by atoms with E-state index in [9.17, 15) is 16.8 Å². The average molecular weight is 410 g/mol. The molecule has 10 heavy (non-hydrogen) atoms. The molecule has 0 N–H and O–H groups in total. The molecule has 0 aliphatic rings. The molecule has 0 spiro atoms. The van der Waals surface area contributed by atoms with Crippen molar-refractivity contribution in [3.8, 4) is 0 Å². The number of nitrogens with zero attached hydrogens (tertiary/aromatic N) is 1. The maximum atomic E-state index is 10.1. The molecule has 0 atom stereocenters. The summed E-state index contributed by atoms with van der Waals surface area (Å²) in [5, 5.41) is 0. The van der Waals surface area contributed by atoms with Crippen LogP contribution in [0.1, 0.15) is 0 Å². The molecule has 0 rings (SSSR count). The van der Waals surface area contributed by atoms with Crippen LogP contribution in [0.2, 0.25) is 0 Å². The third kappa shape index (κ3) is 11.7. The molecule has 0 aromatic carbocycles. The van der Waals surface area contributed by atoms with Gasteiger partial charge in [0.25, 0.3) is 0 Å². The van der Waals surface area contributed by atoms with Gasteiger partial charge in [0.2, 0.25) is 0 Å². The molecule has 0 heterocycles. The van der Waals surface area contributed by atoms with Crippen molar-refractivity contribution in [2.45, 2.75) is 0 Å². The third-order valence-electron chi connectivity index (χ3n) is 0.271. The molecule has 0 radical (unpaired) electrons. The molecule has 0 fully saturated rings. The second kappa shape index (κ2) is 4.07. The van der Waals surface area contributed by atoms with E-state index in [0.29, 0.717) is 12.5 Å². The van der Waals surface area contributed by atoms with Gasteiger partial charge in [0, 0.05) is 43.6 Å². The van der Waals surface area contributed by atoms with Crippen LogP contribution >= 0.6 is 0 Å². The first-order chi connectivity index (χ1) is 3.71. The van der Waals surface area contributed by atoms with E-state index in [-0.39, 0.29) is 31.1 Å². The van der Waals surface area contributed by atoms with Crippen LogP contribution in [0.3, 0.4) is 0 Å². The van der Waals surface area contributed by atoms with Gasteiger partial charge in [-0.15, -0.1) is 0 Å². The molecule has 8 heteroatoms. The number of rotatable bonds is 2. The normalized spacial score (nSPS) is 12.2. The van der Waals surface area contributed by atoms with Gasteiger partial charge in [-0.25, -0.2) is 16.8 Å². The standard InChI is InChI=1S/C2H6NO4S2.U/c1-8(4,5)3-9(2,6)7;/h1-2H3;/q-1;. The van der Waals surface area contributed by atoms with Gasteiger partial charge in [0.15, 0.2) is 0 Å². The minimum atomic E-state index is -3.74. The quantitative estimate of drug-likeness (QED) is 0.602. The summed E-state index contributed by atoms with van der Waals surface area (Å²) < 4.78 is 42.9. The Labute approximate surface area is 84.1 Å². The fourth-order valence-corrected chi connectivity index (χ4v) is 2.21. The Bertz CT molecular complexity index is 246. The Hall–Kier alpha value is 0.912.